The monoisotopic (exact) mass is 148 g/mol. The number of carbonyl (C=O) groups is 1. The predicted molar refractivity (Wildman–Crippen MR) is 34.6 cm³/mol. The van der Waals surface area contributed by atoms with E-state index in [4.69, 9.17) is 9.22 Å². The molecule has 0 saturated carbocycles. The van der Waals surface area contributed by atoms with Gasteiger partial charge in [-0.1, -0.05) is 0 Å². The maximum atomic E-state index is 10.6. The van der Waals surface area contributed by atoms with E-state index in [1.165, 1.54) is 0 Å². The van der Waals surface area contributed by atoms with Crippen LogP contribution in [0.1, 0.15) is 10.5 Å². The molecule has 3 N–H and O–H groups in total. The van der Waals surface area contributed by atoms with Gasteiger partial charge in [0, 0.05) is 17.2 Å². The highest BCUT2D eigenvalue weighted by Gasteiger charge is 2.24. The molecule has 1 heterocycles. The van der Waals surface area contributed by atoms with Crippen molar-refractivity contribution in [3.05, 3.63) is 0 Å². The van der Waals surface area contributed by atoms with Crippen LogP contribution in [0.5, 0.6) is 0 Å². The highest BCUT2D eigenvalue weighted by Crippen LogP contribution is 2.09. The van der Waals surface area contributed by atoms with Crippen LogP contribution in [0.4, 0.5) is 0 Å². The molecule has 5 atom stereocenters. The Morgan fingerprint density at radius 2 is 2.40 bits per heavy atom. The van der Waals surface area contributed by atoms with Gasteiger partial charge in [0.25, 0.3) is 0 Å². The quantitative estimate of drug-likeness (QED) is 0.448. The Hall–Kier alpha value is -0.610. The fraction of sp³-hybridized carbons (Fsp3) is 0.833. The Morgan fingerprint density at radius 1 is 1.70 bits per heavy atom. The minimum atomic E-state index is -1.36. The van der Waals surface area contributed by atoms with E-state index in [9.17, 15) is 9.90 Å². The lowest BCUT2D eigenvalue weighted by atomic mass is 9.98. The second kappa shape index (κ2) is 2.98. The van der Waals surface area contributed by atoms with Gasteiger partial charge in [-0.15, -0.1) is 0 Å². The summed E-state index contributed by atoms with van der Waals surface area (Å²) in [6, 6.07) is 0. The smallest absolute Gasteiger partial charge is 0.307 e. The van der Waals surface area contributed by atoms with Gasteiger partial charge in [0.2, 0.25) is 0 Å². The predicted octanol–water partition coefficient (Wildman–Crippen LogP) is -0.959. The number of carboxylic acid groups (broad SMARTS) is 1. The van der Waals surface area contributed by atoms with E-state index in [1.54, 1.807) is 0 Å². The van der Waals surface area contributed by atoms with E-state index >= 15 is 0 Å². The Balaban J connectivity index is 2.79. The van der Waals surface area contributed by atoms with E-state index in [1.807, 2.05) is 0 Å². The van der Waals surface area contributed by atoms with E-state index in [-0.39, 0.29) is 0 Å². The van der Waals surface area contributed by atoms with Crippen molar-refractivity contribution in [1.82, 2.24) is 5.32 Å². The molecule has 58 valence electrons. The van der Waals surface area contributed by atoms with Gasteiger partial charge >= 0.3 is 5.97 Å². The molecule has 1 aliphatic rings. The number of aliphatic hydroxyl groups is 1. The van der Waals surface area contributed by atoms with Gasteiger partial charge in [0.05, 0.1) is 12.0 Å². The maximum Gasteiger partial charge on any atom is 0.307 e. The van der Waals surface area contributed by atoms with E-state index in [0.29, 0.717) is 0 Å². The largest absolute Gasteiger partial charge is 0.481 e. The molecule has 1 saturated heterocycles. The fourth-order valence-electron chi connectivity index (χ4n) is 0.735. The van der Waals surface area contributed by atoms with Crippen LogP contribution in [0, 0.1) is 5.92 Å². The van der Waals surface area contributed by atoms with Gasteiger partial charge in [-0.3, -0.25) is 4.79 Å². The molecule has 0 aromatic carbocycles. The van der Waals surface area contributed by atoms with Crippen molar-refractivity contribution >= 4 is 5.97 Å². The van der Waals surface area contributed by atoms with Crippen LogP contribution < -0.4 is 5.32 Å². The molecule has 0 radical (unpaired) electrons. The summed E-state index contributed by atoms with van der Waals surface area (Å²) in [5.74, 6) is -2.57. The normalized spacial score (nSPS) is 60.1. The first kappa shape index (κ1) is 4.31. The van der Waals surface area contributed by atoms with Gasteiger partial charge in [-0.2, -0.15) is 0 Å². The van der Waals surface area contributed by atoms with Crippen LogP contribution in [0.3, 0.4) is 0 Å². The van der Waals surface area contributed by atoms with Crippen LogP contribution in [0.25, 0.3) is 0 Å². The summed E-state index contributed by atoms with van der Waals surface area (Å²) in [6.45, 7) is -2.36. The third-order valence-electron chi connectivity index (χ3n) is 1.23. The zero-order chi connectivity index (χ0) is 10.2. The minimum Gasteiger partial charge on any atom is -0.481 e. The zero-order valence-electron chi connectivity index (χ0n) is 8.19. The van der Waals surface area contributed by atoms with Crippen molar-refractivity contribution in [2.45, 2.75) is 12.5 Å². The van der Waals surface area contributed by atoms with Crippen LogP contribution in [-0.2, 0) is 4.79 Å². The molecule has 0 amide bonds. The van der Waals surface area contributed by atoms with Gasteiger partial charge in [-0.25, -0.2) is 0 Å². The van der Waals surface area contributed by atoms with Crippen molar-refractivity contribution in [3.8, 4) is 0 Å². The summed E-state index contributed by atoms with van der Waals surface area (Å²) in [7, 11) is 0. The number of nitrogens with one attached hydrogen (secondary N) is 1. The second-order valence-electron chi connectivity index (χ2n) is 2.05. The standard InChI is InChI=1S/C6H11NO3/c8-5-1-4(6(9)10)2-7-3-5/h4-5,7-8H,1-3H2,(H,9,10)/i1D,2D,3D. The van der Waals surface area contributed by atoms with Crippen LogP contribution in [0.15, 0.2) is 0 Å². The SMILES string of the molecule is [2H]C1NC([2H])C(C(=O)O)C([2H])C1O. The van der Waals surface area contributed by atoms with Crippen LogP contribution in [-0.4, -0.2) is 35.3 Å². The number of rotatable bonds is 1. The molecule has 4 nitrogen and oxygen atoms in total. The Morgan fingerprint density at radius 3 is 3.00 bits per heavy atom. The van der Waals surface area contributed by atoms with E-state index in [2.05, 4.69) is 5.32 Å². The van der Waals surface area contributed by atoms with Gasteiger partial charge in [0.15, 0.2) is 0 Å². The summed E-state index contributed by atoms with van der Waals surface area (Å²) in [5.41, 5.74) is 0. The Kier molecular flexibility index (Phi) is 1.29. The van der Waals surface area contributed by atoms with Crippen molar-refractivity contribution in [2.24, 2.45) is 5.92 Å². The lowest BCUT2D eigenvalue weighted by molar-refractivity contribution is -0.143. The number of hydrogen-bond donors (Lipinski definition) is 3. The topological polar surface area (TPSA) is 69.6 Å². The summed E-state index contributed by atoms with van der Waals surface area (Å²) >= 11 is 0. The van der Waals surface area contributed by atoms with Crippen molar-refractivity contribution in [3.63, 3.8) is 0 Å². The molecule has 10 heavy (non-hydrogen) atoms. The molecule has 1 fully saturated rings. The first-order valence-corrected chi connectivity index (χ1v) is 2.89. The number of carboxylic acids is 1. The number of piperidine rings is 1. The van der Waals surface area contributed by atoms with Crippen molar-refractivity contribution in [2.75, 3.05) is 13.0 Å². The third-order valence-corrected chi connectivity index (χ3v) is 1.23. The van der Waals surface area contributed by atoms with Gasteiger partial charge < -0.3 is 15.5 Å². The minimum absolute atomic E-state index is 1.15. The van der Waals surface area contributed by atoms with Gasteiger partial charge in [-0.05, 0) is 6.40 Å². The molecule has 4 heteroatoms. The lowest BCUT2D eigenvalue weighted by Crippen LogP contribution is -2.42. The molecule has 0 aromatic rings. The second-order valence-corrected chi connectivity index (χ2v) is 2.05. The molecule has 1 rings (SSSR count). The number of hydrogen-bond acceptors (Lipinski definition) is 3. The number of aliphatic hydroxyl groups excluding tert-OH is 1. The summed E-state index contributed by atoms with van der Waals surface area (Å²) in [5, 5.41) is 20.1. The molecular weight excluding hydrogens is 134 g/mol. The Bertz CT molecular complexity index is 215. The lowest BCUT2D eigenvalue weighted by Gasteiger charge is -2.23. The van der Waals surface area contributed by atoms with E-state index < -0.39 is 37.4 Å². The molecule has 0 bridgehead atoms. The highest BCUT2D eigenvalue weighted by atomic mass is 16.4. The average Bonchev–Trinajstić information content (AvgIpc) is 1.99. The van der Waals surface area contributed by atoms with Crippen molar-refractivity contribution in [1.29, 1.82) is 0 Å². The molecule has 5 unspecified atom stereocenters. The molecule has 0 spiro atoms. The van der Waals surface area contributed by atoms with Crippen molar-refractivity contribution < 1.29 is 19.1 Å². The van der Waals surface area contributed by atoms with Crippen LogP contribution in [0.2, 0.25) is 0 Å². The maximum absolute atomic E-state index is 10.6. The van der Waals surface area contributed by atoms with E-state index in [0.717, 1.165) is 0 Å². The first-order valence-electron chi connectivity index (χ1n) is 4.62. The third kappa shape index (κ3) is 1.68. The summed E-state index contributed by atoms with van der Waals surface area (Å²) < 4.78 is 21.8. The molecule has 0 aliphatic carbocycles. The van der Waals surface area contributed by atoms with Gasteiger partial charge in [0.1, 0.15) is 0 Å². The molecular formula is C6H11NO3. The Labute approximate surface area is 63.1 Å². The molecule has 1 aliphatic heterocycles. The summed E-state index contributed by atoms with van der Waals surface area (Å²) in [6.07, 6.45) is -2.67. The molecule has 0 aromatic heterocycles. The highest BCUT2D eigenvalue weighted by molar-refractivity contribution is 5.70. The first-order chi connectivity index (χ1) is 5.95. The fourth-order valence-corrected chi connectivity index (χ4v) is 0.735. The zero-order valence-corrected chi connectivity index (χ0v) is 5.19. The average molecular weight is 148 g/mol. The van der Waals surface area contributed by atoms with Crippen LogP contribution >= 0.6 is 0 Å². The number of β-amino-alcohol motifs (C(OH)–C–C–N with tert-alkyl or cyclic N) is 1. The summed E-state index contributed by atoms with van der Waals surface area (Å²) in [4.78, 5) is 10.6. The number of aliphatic carboxylic acids is 1.